The summed E-state index contributed by atoms with van der Waals surface area (Å²) in [6.45, 7) is 17.7. The Morgan fingerprint density at radius 2 is 0.611 bits per heavy atom. The maximum Gasteiger partial charge on any atom is 0.350 e. The zero-order valence-corrected chi connectivity index (χ0v) is 47.2. The first-order valence-corrected chi connectivity index (χ1v) is 31.7. The lowest BCUT2D eigenvalue weighted by Gasteiger charge is -2.32. The van der Waals surface area contributed by atoms with E-state index in [4.69, 9.17) is 45.7 Å². The summed E-state index contributed by atoms with van der Waals surface area (Å²) in [6, 6.07) is 17.8. The van der Waals surface area contributed by atoms with E-state index in [0.717, 1.165) is 0 Å². The van der Waals surface area contributed by atoms with Crippen LogP contribution in [0.4, 0.5) is 0 Å². The molecule has 0 saturated carbocycles. The minimum atomic E-state index is -4.34. The lowest BCUT2D eigenvalue weighted by molar-refractivity contribution is 0.193. The van der Waals surface area contributed by atoms with Crippen molar-refractivity contribution in [2.24, 2.45) is 0 Å². The molecule has 0 aromatic heterocycles. The molecule has 0 spiro atoms. The summed E-state index contributed by atoms with van der Waals surface area (Å²) in [5.74, 6) is 0.830. The van der Waals surface area contributed by atoms with Gasteiger partial charge in [-0.05, 0) is 124 Å². The maximum atomic E-state index is 15.1. The highest BCUT2D eigenvalue weighted by Crippen LogP contribution is 2.80. The monoisotopic (exact) mass is 1080 g/mol. The number of fused-ring (bicyclic) bond motifs is 8. The average Bonchev–Trinajstić information content (AvgIpc) is 3.31. The van der Waals surface area contributed by atoms with Gasteiger partial charge in [-0.1, -0.05) is 74.5 Å². The van der Waals surface area contributed by atoms with Crippen LogP contribution < -0.4 is 9.47 Å². The zero-order chi connectivity index (χ0) is 52.7. The molecule has 0 unspecified atom stereocenters. The Morgan fingerprint density at radius 3 is 0.806 bits per heavy atom. The molecule has 20 heteroatoms. The normalized spacial score (nSPS) is 13.5. The number of para-hydroxylation sites is 2. The molecule has 72 heavy (non-hydrogen) atoms. The summed E-state index contributed by atoms with van der Waals surface area (Å²) in [7, 11) is -17.4. The predicted molar refractivity (Wildman–Crippen MR) is 281 cm³/mol. The summed E-state index contributed by atoms with van der Waals surface area (Å²) in [5.41, 5.74) is 4.62. The Balaban J connectivity index is 1.95. The van der Waals surface area contributed by atoms with Crippen LogP contribution >= 0.6 is 30.4 Å². The van der Waals surface area contributed by atoms with Crippen molar-refractivity contribution in [3.63, 3.8) is 0 Å². The molecule has 0 amide bonds. The Labute approximate surface area is 426 Å². The third kappa shape index (κ3) is 13.7. The summed E-state index contributed by atoms with van der Waals surface area (Å²) in [6.07, 6.45) is 1.53. The van der Waals surface area contributed by atoms with Crippen LogP contribution in [0.2, 0.25) is 0 Å². The molecule has 0 aliphatic heterocycles. The van der Waals surface area contributed by atoms with Crippen molar-refractivity contribution < 1.29 is 74.1 Å². The van der Waals surface area contributed by atoms with Crippen molar-refractivity contribution in [3.8, 4) is 23.0 Å². The van der Waals surface area contributed by atoms with Crippen molar-refractivity contribution in [3.05, 3.63) is 116 Å². The van der Waals surface area contributed by atoms with Crippen LogP contribution in [-0.2, 0) is 80.1 Å². The highest BCUT2D eigenvalue weighted by atomic mass is 31.2. The van der Waals surface area contributed by atoms with Crippen molar-refractivity contribution >= 4 is 30.4 Å². The molecular formula is C52H76O16P4. The van der Waals surface area contributed by atoms with Gasteiger partial charge in [0.1, 0.15) is 23.0 Å². The number of aromatic hydroxyl groups is 2. The van der Waals surface area contributed by atoms with Gasteiger partial charge >= 0.3 is 30.4 Å². The lowest BCUT2D eigenvalue weighted by atomic mass is 9.90. The Hall–Kier alpha value is -3.32. The topological polar surface area (TPSA) is 201 Å². The van der Waals surface area contributed by atoms with Gasteiger partial charge in [0.25, 0.3) is 0 Å². The molecule has 2 N–H and O–H groups in total. The molecule has 1 aliphatic carbocycles. The smallest absolute Gasteiger partial charge is 0.350 e. The van der Waals surface area contributed by atoms with Crippen LogP contribution in [0, 0.1) is 0 Å². The van der Waals surface area contributed by atoms with Crippen LogP contribution in [0.1, 0.15) is 149 Å². The second kappa shape index (κ2) is 27.5. The van der Waals surface area contributed by atoms with Gasteiger partial charge in [0.15, 0.2) is 10.8 Å². The van der Waals surface area contributed by atoms with E-state index >= 15 is 18.3 Å². The number of phenols is 2. The first-order chi connectivity index (χ1) is 34.5. The largest absolute Gasteiger partial charge is 0.507 e. The van der Waals surface area contributed by atoms with E-state index in [0.29, 0.717) is 82.1 Å². The molecule has 400 valence electrons. The van der Waals surface area contributed by atoms with Crippen LogP contribution in [0.5, 0.6) is 23.0 Å². The van der Waals surface area contributed by atoms with Crippen LogP contribution in [0.25, 0.3) is 0 Å². The van der Waals surface area contributed by atoms with Gasteiger partial charge < -0.3 is 55.9 Å². The molecule has 16 nitrogen and oxygen atoms in total. The Bertz CT molecular complexity index is 2250. The van der Waals surface area contributed by atoms with Crippen molar-refractivity contribution in [1.29, 1.82) is 0 Å². The Morgan fingerprint density at radius 1 is 0.389 bits per heavy atom. The molecule has 0 fully saturated rings. The fourth-order valence-electron chi connectivity index (χ4n) is 9.07. The third-order valence-corrected chi connectivity index (χ3v) is 23.6. The fraction of sp³-hybridized carbons (Fsp3) is 0.538. The van der Waals surface area contributed by atoms with E-state index < -0.39 is 41.2 Å². The maximum absolute atomic E-state index is 15.1. The van der Waals surface area contributed by atoms with Crippen LogP contribution in [-0.4, -0.2) is 76.3 Å². The SMILES string of the molecule is CCCOc1c2cccc1Cc1cc(C(P(=O)(OCC)OCC)P(=O)(OCC)OCC)cc(c1O)Cc1cccc(c1OCCC)Cc1cc(C(P(=O)(OCC)OCC)P(=O)(OCC)OCC)cc(c1O)C2. The second-order valence-electron chi connectivity index (χ2n) is 16.8. The second-order valence-corrected chi connectivity index (χ2v) is 26.1. The van der Waals surface area contributed by atoms with E-state index in [9.17, 15) is 10.2 Å². The van der Waals surface area contributed by atoms with E-state index in [1.165, 1.54) is 0 Å². The van der Waals surface area contributed by atoms with Crippen molar-refractivity contribution in [2.45, 2.75) is 119 Å². The first kappa shape index (κ1) is 59.6. The molecule has 0 radical (unpaired) electrons. The van der Waals surface area contributed by atoms with E-state index in [2.05, 4.69) is 0 Å². The number of hydrogen-bond donors (Lipinski definition) is 2. The highest BCUT2D eigenvalue weighted by Gasteiger charge is 2.54. The van der Waals surface area contributed by atoms with Crippen molar-refractivity contribution in [1.82, 2.24) is 0 Å². The van der Waals surface area contributed by atoms with Crippen LogP contribution in [0.3, 0.4) is 0 Å². The summed E-state index contributed by atoms with van der Waals surface area (Å²) in [4.78, 5) is 0. The third-order valence-electron chi connectivity index (χ3n) is 11.6. The number of benzene rings is 4. The van der Waals surface area contributed by atoms with Gasteiger partial charge in [-0.2, -0.15) is 0 Å². The minimum Gasteiger partial charge on any atom is -0.507 e. The van der Waals surface area contributed by atoms with E-state index in [1.54, 1.807) is 79.7 Å². The van der Waals surface area contributed by atoms with E-state index in [1.807, 2.05) is 50.2 Å². The van der Waals surface area contributed by atoms with Gasteiger partial charge in [-0.25, -0.2) is 0 Å². The van der Waals surface area contributed by atoms with Crippen LogP contribution in [0.15, 0.2) is 60.7 Å². The van der Waals surface area contributed by atoms with Gasteiger partial charge in [0.2, 0.25) is 0 Å². The van der Waals surface area contributed by atoms with Gasteiger partial charge in [0.05, 0.1) is 66.1 Å². The quantitative estimate of drug-likeness (QED) is 0.0448. The van der Waals surface area contributed by atoms with Gasteiger partial charge in [0, 0.05) is 25.7 Å². The average molecular weight is 1080 g/mol. The molecule has 0 saturated heterocycles. The highest BCUT2D eigenvalue weighted by molar-refractivity contribution is 7.72. The fourth-order valence-corrected chi connectivity index (χ4v) is 19.8. The number of rotatable bonds is 28. The molecule has 0 heterocycles. The molecule has 4 aromatic carbocycles. The zero-order valence-electron chi connectivity index (χ0n) is 43.6. The molecular weight excluding hydrogens is 1000 g/mol. The molecule has 8 bridgehead atoms. The standard InChI is InChI=1S/C52H76O16P4/c1-11-27-59-49-37-23-21-24-38(49)30-42-34-46(52(71(57,65-17-7)66-18-8)72(58,67-19-9)68-20-10)36-44(48(42)54)32-40-26-22-25-39(50(40)60-28-12-2)31-43-35-45(33-41(29-37)47(43)53)51(69(55,61-13-3)62-14-4)70(56,63-15-5)64-16-6/h21-26,33-36,51-54H,11-20,27-32H2,1-10H3. The first-order valence-electron chi connectivity index (χ1n) is 25.2. The molecule has 0 atom stereocenters. The summed E-state index contributed by atoms with van der Waals surface area (Å²) in [5, 5.41) is 21.9. The van der Waals surface area contributed by atoms with Gasteiger partial charge in [-0.3, -0.25) is 18.3 Å². The van der Waals surface area contributed by atoms with Crippen molar-refractivity contribution in [2.75, 3.05) is 66.1 Å². The lowest BCUT2D eigenvalue weighted by Crippen LogP contribution is -2.13. The Kier molecular flexibility index (Phi) is 22.7. The summed E-state index contributed by atoms with van der Waals surface area (Å²) >= 11 is 0. The number of phenolic OH excluding ortho intramolecular Hbond substituents is 2. The number of hydrogen-bond acceptors (Lipinski definition) is 16. The molecule has 5 rings (SSSR count). The number of ether oxygens (including phenoxy) is 2. The molecule has 1 aliphatic rings. The molecule has 4 aromatic rings. The minimum absolute atomic E-state index is 0.0316. The van der Waals surface area contributed by atoms with E-state index in [-0.39, 0.29) is 101 Å². The van der Waals surface area contributed by atoms with Gasteiger partial charge in [-0.15, -0.1) is 0 Å². The predicted octanol–water partition coefficient (Wildman–Crippen LogP) is 14.4. The summed E-state index contributed by atoms with van der Waals surface area (Å²) < 4.78 is 121.